The Morgan fingerprint density at radius 1 is 1.40 bits per heavy atom. The van der Waals surface area contributed by atoms with Gasteiger partial charge in [0.05, 0.1) is 0 Å². The molecule has 0 aliphatic carbocycles. The normalized spacial score (nSPS) is 10.7. The number of hydrogen-bond acceptors (Lipinski definition) is 2. The van der Waals surface area contributed by atoms with Crippen LogP contribution in [0.25, 0.3) is 6.08 Å². The second-order valence-electron chi connectivity index (χ2n) is 4.42. The number of halogens is 1. The lowest BCUT2D eigenvalue weighted by molar-refractivity contribution is -0.116. The van der Waals surface area contributed by atoms with E-state index in [0.29, 0.717) is 11.6 Å². The summed E-state index contributed by atoms with van der Waals surface area (Å²) in [6.45, 7) is 2.40. The van der Waals surface area contributed by atoms with Crippen LogP contribution in [-0.4, -0.2) is 10.9 Å². The van der Waals surface area contributed by atoms with Crippen molar-refractivity contribution in [1.82, 2.24) is 10.3 Å². The van der Waals surface area contributed by atoms with Crippen LogP contribution in [0.4, 0.5) is 0 Å². The van der Waals surface area contributed by atoms with Crippen molar-refractivity contribution >= 4 is 23.6 Å². The Kier molecular flexibility index (Phi) is 4.91. The summed E-state index contributed by atoms with van der Waals surface area (Å²) in [6.07, 6.45) is 6.66. The fourth-order valence-electron chi connectivity index (χ4n) is 1.64. The molecule has 0 radical (unpaired) electrons. The van der Waals surface area contributed by atoms with Crippen LogP contribution in [0.3, 0.4) is 0 Å². The van der Waals surface area contributed by atoms with Crippen molar-refractivity contribution < 1.29 is 4.79 Å². The highest BCUT2D eigenvalue weighted by molar-refractivity contribution is 6.31. The van der Waals surface area contributed by atoms with E-state index >= 15 is 0 Å². The molecule has 0 fully saturated rings. The van der Waals surface area contributed by atoms with E-state index in [1.54, 1.807) is 18.5 Å². The van der Waals surface area contributed by atoms with Crippen molar-refractivity contribution in [3.63, 3.8) is 0 Å². The van der Waals surface area contributed by atoms with Crippen LogP contribution in [0, 0.1) is 6.92 Å². The zero-order chi connectivity index (χ0) is 14.4. The molecule has 1 aromatic heterocycles. The summed E-state index contributed by atoms with van der Waals surface area (Å²) in [5.74, 6) is -0.148. The lowest BCUT2D eigenvalue weighted by Gasteiger charge is -2.02. The molecule has 20 heavy (non-hydrogen) atoms. The maximum atomic E-state index is 11.7. The summed E-state index contributed by atoms with van der Waals surface area (Å²) in [7, 11) is 0. The average Bonchev–Trinajstić information content (AvgIpc) is 2.47. The first-order chi connectivity index (χ1) is 9.65. The Morgan fingerprint density at radius 2 is 2.25 bits per heavy atom. The van der Waals surface area contributed by atoms with E-state index in [-0.39, 0.29) is 5.91 Å². The number of aromatic nitrogens is 1. The van der Waals surface area contributed by atoms with Crippen molar-refractivity contribution in [2.45, 2.75) is 13.5 Å². The molecule has 0 spiro atoms. The second kappa shape index (κ2) is 6.87. The van der Waals surface area contributed by atoms with Crippen LogP contribution in [0.5, 0.6) is 0 Å². The van der Waals surface area contributed by atoms with Crippen LogP contribution in [0.15, 0.2) is 48.8 Å². The Bertz CT molecular complexity index is 624. The Hall–Kier alpha value is -2.13. The first-order valence-electron chi connectivity index (χ1n) is 6.26. The van der Waals surface area contributed by atoms with Gasteiger partial charge in [-0.1, -0.05) is 29.8 Å². The molecule has 1 aromatic carbocycles. The fraction of sp³-hybridized carbons (Fsp3) is 0.125. The summed E-state index contributed by atoms with van der Waals surface area (Å²) in [6, 6.07) is 9.44. The Morgan fingerprint density at radius 3 is 2.95 bits per heavy atom. The number of carbonyl (C=O) groups excluding carboxylic acids is 1. The third-order valence-electron chi connectivity index (χ3n) is 2.81. The van der Waals surface area contributed by atoms with Gasteiger partial charge >= 0.3 is 0 Å². The van der Waals surface area contributed by atoms with Crippen molar-refractivity contribution in [1.29, 1.82) is 0 Å². The summed E-state index contributed by atoms with van der Waals surface area (Å²) in [5.41, 5.74) is 2.88. The van der Waals surface area contributed by atoms with Gasteiger partial charge in [0.25, 0.3) is 0 Å². The minimum Gasteiger partial charge on any atom is -0.348 e. The highest BCUT2D eigenvalue weighted by Gasteiger charge is 1.98. The van der Waals surface area contributed by atoms with Crippen LogP contribution in [-0.2, 0) is 11.3 Å². The topological polar surface area (TPSA) is 42.0 Å². The van der Waals surface area contributed by atoms with Crippen LogP contribution in [0.2, 0.25) is 5.02 Å². The van der Waals surface area contributed by atoms with Gasteiger partial charge in [0.1, 0.15) is 0 Å². The summed E-state index contributed by atoms with van der Waals surface area (Å²) in [4.78, 5) is 15.7. The monoisotopic (exact) mass is 286 g/mol. The molecule has 102 valence electrons. The van der Waals surface area contributed by atoms with Gasteiger partial charge in [-0.3, -0.25) is 9.78 Å². The van der Waals surface area contributed by atoms with E-state index < -0.39 is 0 Å². The van der Waals surface area contributed by atoms with Gasteiger partial charge in [-0.25, -0.2) is 0 Å². The Balaban J connectivity index is 1.90. The van der Waals surface area contributed by atoms with Gasteiger partial charge < -0.3 is 5.32 Å². The molecule has 0 atom stereocenters. The van der Waals surface area contributed by atoms with Crippen molar-refractivity contribution in [3.8, 4) is 0 Å². The molecule has 1 heterocycles. The highest BCUT2D eigenvalue weighted by Crippen LogP contribution is 2.17. The lowest BCUT2D eigenvalue weighted by atomic mass is 10.1. The molecular formula is C16H15ClN2O. The number of hydrogen-bond donors (Lipinski definition) is 1. The molecule has 0 aliphatic rings. The molecule has 2 rings (SSSR count). The van der Waals surface area contributed by atoms with Gasteiger partial charge in [-0.05, 0) is 41.8 Å². The lowest BCUT2D eigenvalue weighted by Crippen LogP contribution is -2.20. The first-order valence-corrected chi connectivity index (χ1v) is 6.64. The second-order valence-corrected chi connectivity index (χ2v) is 4.83. The molecular weight excluding hydrogens is 272 g/mol. The zero-order valence-corrected chi connectivity index (χ0v) is 11.9. The molecule has 0 saturated heterocycles. The number of amides is 1. The fourth-order valence-corrected chi connectivity index (χ4v) is 1.82. The smallest absolute Gasteiger partial charge is 0.244 e. The SMILES string of the molecule is Cc1ccc(/C=C/C(=O)NCc2cccnc2)cc1Cl. The number of pyridine rings is 1. The van der Waals surface area contributed by atoms with Crippen molar-refractivity contribution in [2.24, 2.45) is 0 Å². The average molecular weight is 287 g/mol. The maximum Gasteiger partial charge on any atom is 0.244 e. The molecule has 1 N–H and O–H groups in total. The largest absolute Gasteiger partial charge is 0.348 e. The number of benzene rings is 1. The summed E-state index contributed by atoms with van der Waals surface area (Å²) < 4.78 is 0. The van der Waals surface area contributed by atoms with Crippen LogP contribution in [0.1, 0.15) is 16.7 Å². The predicted octanol–water partition coefficient (Wildman–Crippen LogP) is 3.37. The van der Waals surface area contributed by atoms with Crippen LogP contribution >= 0.6 is 11.6 Å². The number of nitrogens with zero attached hydrogens (tertiary/aromatic N) is 1. The molecule has 0 aliphatic heterocycles. The van der Waals surface area contributed by atoms with E-state index in [9.17, 15) is 4.79 Å². The van der Waals surface area contributed by atoms with Gasteiger partial charge in [0, 0.05) is 30.0 Å². The van der Waals surface area contributed by atoms with Crippen molar-refractivity contribution in [3.05, 3.63) is 70.5 Å². The third kappa shape index (κ3) is 4.21. The summed E-state index contributed by atoms with van der Waals surface area (Å²) in [5, 5.41) is 3.49. The van der Waals surface area contributed by atoms with Crippen molar-refractivity contribution in [2.75, 3.05) is 0 Å². The van der Waals surface area contributed by atoms with E-state index in [4.69, 9.17) is 11.6 Å². The standard InChI is InChI=1S/C16H15ClN2O/c1-12-4-5-13(9-15(12)17)6-7-16(20)19-11-14-3-2-8-18-10-14/h2-10H,11H2,1H3,(H,19,20)/b7-6+. The number of nitrogens with one attached hydrogen (secondary N) is 1. The predicted molar refractivity (Wildman–Crippen MR) is 81.3 cm³/mol. The zero-order valence-electron chi connectivity index (χ0n) is 11.1. The number of aryl methyl sites for hydroxylation is 1. The first kappa shape index (κ1) is 14.3. The van der Waals surface area contributed by atoms with E-state index in [2.05, 4.69) is 10.3 Å². The van der Waals surface area contributed by atoms with Gasteiger partial charge in [0.2, 0.25) is 5.91 Å². The third-order valence-corrected chi connectivity index (χ3v) is 3.22. The number of carbonyl (C=O) groups is 1. The molecule has 4 heteroatoms. The maximum absolute atomic E-state index is 11.7. The molecule has 1 amide bonds. The Labute approximate surface area is 123 Å². The van der Waals surface area contributed by atoms with E-state index in [1.807, 2.05) is 37.3 Å². The van der Waals surface area contributed by atoms with E-state index in [1.165, 1.54) is 6.08 Å². The molecule has 2 aromatic rings. The highest BCUT2D eigenvalue weighted by atomic mass is 35.5. The minimum atomic E-state index is -0.148. The molecule has 0 bridgehead atoms. The summed E-state index contributed by atoms with van der Waals surface area (Å²) >= 11 is 6.03. The molecule has 0 saturated carbocycles. The van der Waals surface area contributed by atoms with Crippen LogP contribution < -0.4 is 5.32 Å². The van der Waals surface area contributed by atoms with E-state index in [0.717, 1.165) is 16.7 Å². The van der Waals surface area contributed by atoms with Gasteiger partial charge in [0.15, 0.2) is 0 Å². The molecule has 0 unspecified atom stereocenters. The quantitative estimate of drug-likeness (QED) is 0.876. The van der Waals surface area contributed by atoms with Gasteiger partial charge in [-0.2, -0.15) is 0 Å². The van der Waals surface area contributed by atoms with Gasteiger partial charge in [-0.15, -0.1) is 0 Å². The minimum absolute atomic E-state index is 0.148. The number of rotatable bonds is 4. The molecule has 3 nitrogen and oxygen atoms in total.